The molecular formula is C11H9FN4. The summed E-state index contributed by atoms with van der Waals surface area (Å²) in [5, 5.41) is 11.8. The molecule has 4 nitrogen and oxygen atoms in total. The molecule has 0 aliphatic rings. The van der Waals surface area contributed by atoms with Gasteiger partial charge in [-0.05, 0) is 12.1 Å². The number of aromatic nitrogens is 2. The van der Waals surface area contributed by atoms with E-state index in [-0.39, 0.29) is 5.56 Å². The maximum absolute atomic E-state index is 13.2. The third-order valence-electron chi connectivity index (χ3n) is 2.15. The number of hydrogen-bond donors (Lipinski definition) is 2. The van der Waals surface area contributed by atoms with Gasteiger partial charge in [0.1, 0.15) is 17.4 Å². The van der Waals surface area contributed by atoms with Gasteiger partial charge in [0, 0.05) is 6.20 Å². The molecule has 0 atom stereocenters. The molecule has 1 heterocycles. The van der Waals surface area contributed by atoms with Crippen molar-refractivity contribution in [3.8, 4) is 6.07 Å². The van der Waals surface area contributed by atoms with Crippen molar-refractivity contribution in [3.63, 3.8) is 0 Å². The number of imidazole rings is 1. The van der Waals surface area contributed by atoms with Crippen LogP contribution in [0.5, 0.6) is 0 Å². The predicted molar refractivity (Wildman–Crippen MR) is 57.0 cm³/mol. The molecular weight excluding hydrogens is 207 g/mol. The number of H-pyrrole nitrogens is 1. The topological polar surface area (TPSA) is 64.5 Å². The van der Waals surface area contributed by atoms with E-state index in [9.17, 15) is 4.39 Å². The molecule has 0 unspecified atom stereocenters. The van der Waals surface area contributed by atoms with Crippen molar-refractivity contribution in [2.24, 2.45) is 0 Å². The van der Waals surface area contributed by atoms with Gasteiger partial charge in [-0.25, -0.2) is 9.37 Å². The van der Waals surface area contributed by atoms with E-state index in [1.165, 1.54) is 6.07 Å². The molecule has 2 rings (SSSR count). The standard InChI is InChI=1S/C11H9FN4/c12-10-2-1-3-11(9(10)4-13)15-6-8-5-14-7-16-8/h1-3,5,7,15H,6H2,(H,14,16). The number of hydrogen-bond acceptors (Lipinski definition) is 3. The van der Waals surface area contributed by atoms with E-state index in [0.717, 1.165) is 5.69 Å². The van der Waals surface area contributed by atoms with Crippen molar-refractivity contribution in [3.05, 3.63) is 47.8 Å². The van der Waals surface area contributed by atoms with Crippen LogP contribution in [-0.4, -0.2) is 9.97 Å². The molecule has 16 heavy (non-hydrogen) atoms. The molecule has 0 bridgehead atoms. The third-order valence-corrected chi connectivity index (χ3v) is 2.15. The fourth-order valence-electron chi connectivity index (χ4n) is 1.36. The van der Waals surface area contributed by atoms with Gasteiger partial charge in [-0.3, -0.25) is 0 Å². The fourth-order valence-corrected chi connectivity index (χ4v) is 1.36. The van der Waals surface area contributed by atoms with E-state index in [2.05, 4.69) is 15.3 Å². The Labute approximate surface area is 91.8 Å². The lowest BCUT2D eigenvalue weighted by Crippen LogP contribution is -2.02. The zero-order chi connectivity index (χ0) is 11.4. The van der Waals surface area contributed by atoms with Gasteiger partial charge in [-0.2, -0.15) is 5.26 Å². The van der Waals surface area contributed by atoms with Crippen LogP contribution in [0.25, 0.3) is 0 Å². The van der Waals surface area contributed by atoms with Crippen molar-refractivity contribution in [1.29, 1.82) is 5.26 Å². The van der Waals surface area contributed by atoms with Crippen LogP contribution >= 0.6 is 0 Å². The second-order valence-corrected chi connectivity index (χ2v) is 3.20. The Balaban J connectivity index is 2.16. The summed E-state index contributed by atoms with van der Waals surface area (Å²) in [5.74, 6) is -0.517. The summed E-state index contributed by atoms with van der Waals surface area (Å²) in [6.07, 6.45) is 3.23. The monoisotopic (exact) mass is 216 g/mol. The molecule has 80 valence electrons. The fraction of sp³-hybridized carbons (Fsp3) is 0.0909. The quantitative estimate of drug-likeness (QED) is 0.825. The second-order valence-electron chi connectivity index (χ2n) is 3.20. The van der Waals surface area contributed by atoms with Crippen LogP contribution in [0.3, 0.4) is 0 Å². The van der Waals surface area contributed by atoms with Gasteiger partial charge in [0.15, 0.2) is 0 Å². The van der Waals surface area contributed by atoms with Crippen molar-refractivity contribution >= 4 is 5.69 Å². The van der Waals surface area contributed by atoms with Gasteiger partial charge in [0.2, 0.25) is 0 Å². The Hall–Kier alpha value is -2.35. The number of rotatable bonds is 3. The molecule has 0 amide bonds. The summed E-state index contributed by atoms with van der Waals surface area (Å²) in [6, 6.07) is 6.32. The number of benzene rings is 1. The summed E-state index contributed by atoms with van der Waals surface area (Å²) in [4.78, 5) is 6.77. The van der Waals surface area contributed by atoms with Gasteiger partial charge in [0.05, 0.1) is 24.3 Å². The minimum atomic E-state index is -0.517. The van der Waals surface area contributed by atoms with Gasteiger partial charge >= 0.3 is 0 Å². The van der Waals surface area contributed by atoms with Crippen molar-refractivity contribution < 1.29 is 4.39 Å². The number of halogens is 1. The van der Waals surface area contributed by atoms with E-state index < -0.39 is 5.82 Å². The van der Waals surface area contributed by atoms with Crippen molar-refractivity contribution in [2.45, 2.75) is 6.54 Å². The number of nitrogens with one attached hydrogen (secondary N) is 2. The van der Waals surface area contributed by atoms with E-state index in [4.69, 9.17) is 5.26 Å². The Morgan fingerprint density at radius 2 is 2.38 bits per heavy atom. The van der Waals surface area contributed by atoms with Crippen LogP contribution < -0.4 is 5.32 Å². The van der Waals surface area contributed by atoms with Crippen molar-refractivity contribution in [2.75, 3.05) is 5.32 Å². The van der Waals surface area contributed by atoms with Crippen LogP contribution in [0.4, 0.5) is 10.1 Å². The first-order valence-corrected chi connectivity index (χ1v) is 4.71. The lowest BCUT2D eigenvalue weighted by Gasteiger charge is -2.06. The zero-order valence-corrected chi connectivity index (χ0v) is 8.37. The Morgan fingerprint density at radius 1 is 1.50 bits per heavy atom. The molecule has 5 heteroatoms. The van der Waals surface area contributed by atoms with Gasteiger partial charge in [-0.1, -0.05) is 6.07 Å². The average molecular weight is 216 g/mol. The summed E-state index contributed by atoms with van der Waals surface area (Å²) in [7, 11) is 0. The Bertz CT molecular complexity index is 513. The van der Waals surface area contributed by atoms with Crippen LogP contribution in [-0.2, 0) is 6.54 Å². The molecule has 0 spiro atoms. The SMILES string of the molecule is N#Cc1c(F)cccc1NCc1cnc[nH]1. The smallest absolute Gasteiger partial charge is 0.143 e. The van der Waals surface area contributed by atoms with E-state index >= 15 is 0 Å². The summed E-state index contributed by atoms with van der Waals surface area (Å²) < 4.78 is 13.2. The van der Waals surface area contributed by atoms with Crippen LogP contribution in [0.1, 0.15) is 11.3 Å². The molecule has 2 N–H and O–H groups in total. The highest BCUT2D eigenvalue weighted by Crippen LogP contribution is 2.18. The number of aromatic amines is 1. The van der Waals surface area contributed by atoms with Crippen LogP contribution in [0, 0.1) is 17.1 Å². The third kappa shape index (κ3) is 2.01. The molecule has 2 aromatic rings. The zero-order valence-electron chi connectivity index (χ0n) is 8.37. The molecule has 0 aliphatic carbocycles. The summed E-state index contributed by atoms with van der Waals surface area (Å²) in [5.41, 5.74) is 1.38. The van der Waals surface area contributed by atoms with E-state index in [1.54, 1.807) is 24.7 Å². The first-order valence-electron chi connectivity index (χ1n) is 4.71. The lowest BCUT2D eigenvalue weighted by molar-refractivity contribution is 0.624. The molecule has 0 saturated carbocycles. The Kier molecular flexibility index (Phi) is 2.83. The predicted octanol–water partition coefficient (Wildman–Crippen LogP) is 2.03. The van der Waals surface area contributed by atoms with Gasteiger partial charge in [-0.15, -0.1) is 0 Å². The summed E-state index contributed by atoms with van der Waals surface area (Å²) >= 11 is 0. The second kappa shape index (κ2) is 4.45. The number of anilines is 1. The van der Waals surface area contributed by atoms with Gasteiger partial charge < -0.3 is 10.3 Å². The van der Waals surface area contributed by atoms with Crippen LogP contribution in [0.15, 0.2) is 30.7 Å². The molecule has 0 fully saturated rings. The minimum Gasteiger partial charge on any atom is -0.378 e. The maximum atomic E-state index is 13.2. The number of nitriles is 1. The molecule has 0 radical (unpaired) electrons. The normalized spacial score (nSPS) is 9.75. The highest BCUT2D eigenvalue weighted by molar-refractivity contribution is 5.57. The largest absolute Gasteiger partial charge is 0.378 e. The maximum Gasteiger partial charge on any atom is 0.143 e. The minimum absolute atomic E-state index is 0.0296. The highest BCUT2D eigenvalue weighted by atomic mass is 19.1. The average Bonchev–Trinajstić information content (AvgIpc) is 2.79. The van der Waals surface area contributed by atoms with E-state index in [1.807, 2.05) is 6.07 Å². The molecule has 1 aromatic heterocycles. The number of nitrogens with zero attached hydrogens (tertiary/aromatic N) is 2. The molecule has 0 aliphatic heterocycles. The first-order chi connectivity index (χ1) is 7.81. The first kappa shape index (κ1) is 10.2. The highest BCUT2D eigenvalue weighted by Gasteiger charge is 2.06. The summed E-state index contributed by atoms with van der Waals surface area (Å²) in [6.45, 7) is 0.470. The molecule has 1 aromatic carbocycles. The van der Waals surface area contributed by atoms with Crippen LogP contribution in [0.2, 0.25) is 0 Å². The van der Waals surface area contributed by atoms with Gasteiger partial charge in [0.25, 0.3) is 0 Å². The molecule has 0 saturated heterocycles. The van der Waals surface area contributed by atoms with Crippen molar-refractivity contribution in [1.82, 2.24) is 9.97 Å². The lowest BCUT2D eigenvalue weighted by atomic mass is 10.2. The van der Waals surface area contributed by atoms with E-state index in [0.29, 0.717) is 12.2 Å². The Morgan fingerprint density at radius 3 is 3.06 bits per heavy atom.